The average molecular weight is 240 g/mol. The van der Waals surface area contributed by atoms with Gasteiger partial charge in [-0.05, 0) is 50.6 Å². The molecule has 2 heterocycles. The molecule has 0 aliphatic carbocycles. The highest BCUT2D eigenvalue weighted by molar-refractivity contribution is 9.11. The second-order valence-electron chi connectivity index (χ2n) is 2.38. The van der Waals surface area contributed by atoms with E-state index in [1.165, 1.54) is 11.1 Å². The number of nitrogens with zero attached hydrogens (tertiary/aromatic N) is 1. The number of hydrogen-bond acceptors (Lipinski definition) is 2. The van der Waals surface area contributed by atoms with Crippen molar-refractivity contribution in [1.29, 1.82) is 0 Å². The molecule has 2 rings (SSSR count). The summed E-state index contributed by atoms with van der Waals surface area (Å²) in [5, 5.41) is 2.12. The zero-order chi connectivity index (χ0) is 8.39. The molecule has 3 heteroatoms. The molecule has 0 aromatic carbocycles. The molecule has 0 saturated heterocycles. The fraction of sp³-hybridized carbons (Fsp3) is 0. The quantitative estimate of drug-likeness (QED) is 0.742. The van der Waals surface area contributed by atoms with Crippen molar-refractivity contribution in [3.05, 3.63) is 39.8 Å². The van der Waals surface area contributed by atoms with Gasteiger partial charge in [-0.25, -0.2) is 0 Å². The van der Waals surface area contributed by atoms with Crippen molar-refractivity contribution in [3.63, 3.8) is 0 Å². The van der Waals surface area contributed by atoms with Crippen LogP contribution in [0, 0.1) is 0 Å². The molecule has 2 aromatic heterocycles. The minimum Gasteiger partial charge on any atom is -0.265 e. The molecule has 0 aliphatic heterocycles. The number of rotatable bonds is 1. The molecular weight excluding hydrogens is 234 g/mol. The lowest BCUT2D eigenvalue weighted by Crippen LogP contribution is -1.72. The Morgan fingerprint density at radius 1 is 1.17 bits per heavy atom. The van der Waals surface area contributed by atoms with Gasteiger partial charge in [0.05, 0.1) is 3.79 Å². The Bertz CT molecular complexity index is 369. The molecule has 0 unspecified atom stereocenters. The lowest BCUT2D eigenvalue weighted by atomic mass is 10.1. The van der Waals surface area contributed by atoms with E-state index in [1.807, 2.05) is 12.1 Å². The van der Waals surface area contributed by atoms with E-state index in [4.69, 9.17) is 0 Å². The smallest absolute Gasteiger partial charge is 0.0704 e. The van der Waals surface area contributed by atoms with Crippen molar-refractivity contribution in [3.8, 4) is 11.1 Å². The van der Waals surface area contributed by atoms with Gasteiger partial charge in [-0.15, -0.1) is 11.3 Å². The van der Waals surface area contributed by atoms with Crippen LogP contribution in [-0.4, -0.2) is 4.98 Å². The van der Waals surface area contributed by atoms with Gasteiger partial charge in [-0.3, -0.25) is 4.98 Å². The van der Waals surface area contributed by atoms with Crippen molar-refractivity contribution < 1.29 is 0 Å². The third-order valence-corrected chi connectivity index (χ3v) is 3.09. The Morgan fingerprint density at radius 2 is 1.92 bits per heavy atom. The molecule has 0 amide bonds. The Labute approximate surface area is 83.2 Å². The van der Waals surface area contributed by atoms with E-state index in [0.29, 0.717) is 0 Å². The molecule has 60 valence electrons. The standard InChI is InChI=1S/C9H6BrNS/c10-9-5-8(6-12-9)7-1-3-11-4-2-7/h1-6H. The van der Waals surface area contributed by atoms with Crippen molar-refractivity contribution >= 4 is 27.3 Å². The second kappa shape index (κ2) is 3.37. The van der Waals surface area contributed by atoms with E-state index in [2.05, 4.69) is 32.4 Å². The van der Waals surface area contributed by atoms with E-state index < -0.39 is 0 Å². The Hall–Kier alpha value is -0.670. The minimum atomic E-state index is 1.16. The number of hydrogen-bond donors (Lipinski definition) is 0. The highest BCUT2D eigenvalue weighted by Crippen LogP contribution is 2.28. The zero-order valence-corrected chi connectivity index (χ0v) is 8.60. The highest BCUT2D eigenvalue weighted by atomic mass is 79.9. The first-order valence-corrected chi connectivity index (χ1v) is 5.18. The first kappa shape index (κ1) is 7.95. The predicted molar refractivity (Wildman–Crippen MR) is 55.3 cm³/mol. The first-order chi connectivity index (χ1) is 5.86. The largest absolute Gasteiger partial charge is 0.265 e. The van der Waals surface area contributed by atoms with Crippen molar-refractivity contribution in [1.82, 2.24) is 4.98 Å². The molecule has 0 bridgehead atoms. The molecule has 0 N–H and O–H groups in total. The summed E-state index contributed by atoms with van der Waals surface area (Å²) in [5.41, 5.74) is 2.46. The van der Waals surface area contributed by atoms with Gasteiger partial charge in [0.2, 0.25) is 0 Å². The van der Waals surface area contributed by atoms with Gasteiger partial charge in [0.15, 0.2) is 0 Å². The molecule has 0 saturated carbocycles. The van der Waals surface area contributed by atoms with Gasteiger partial charge >= 0.3 is 0 Å². The van der Waals surface area contributed by atoms with Gasteiger partial charge in [0, 0.05) is 12.4 Å². The molecule has 1 nitrogen and oxygen atoms in total. The normalized spacial score (nSPS) is 10.1. The van der Waals surface area contributed by atoms with Crippen LogP contribution in [0.15, 0.2) is 39.8 Å². The Balaban J connectivity index is 2.45. The fourth-order valence-electron chi connectivity index (χ4n) is 1.01. The molecule has 0 aliphatic rings. The highest BCUT2D eigenvalue weighted by Gasteiger charge is 1.98. The van der Waals surface area contributed by atoms with Gasteiger partial charge < -0.3 is 0 Å². The van der Waals surface area contributed by atoms with Gasteiger partial charge in [-0.1, -0.05) is 0 Å². The maximum Gasteiger partial charge on any atom is 0.0704 e. The van der Waals surface area contributed by atoms with Crippen LogP contribution in [0.5, 0.6) is 0 Å². The molecule has 0 fully saturated rings. The summed E-state index contributed by atoms with van der Waals surface area (Å²) in [5.74, 6) is 0. The molecule has 2 aromatic rings. The topological polar surface area (TPSA) is 12.9 Å². The van der Waals surface area contributed by atoms with Gasteiger partial charge in [0.1, 0.15) is 0 Å². The minimum absolute atomic E-state index is 1.16. The van der Waals surface area contributed by atoms with Gasteiger partial charge in [0.25, 0.3) is 0 Å². The van der Waals surface area contributed by atoms with Crippen molar-refractivity contribution in [2.75, 3.05) is 0 Å². The number of aromatic nitrogens is 1. The molecule has 0 atom stereocenters. The van der Waals surface area contributed by atoms with Crippen LogP contribution < -0.4 is 0 Å². The lowest BCUT2D eigenvalue weighted by molar-refractivity contribution is 1.33. The van der Waals surface area contributed by atoms with Crippen LogP contribution in [0.2, 0.25) is 0 Å². The van der Waals surface area contributed by atoms with Crippen LogP contribution >= 0.6 is 27.3 Å². The number of halogens is 1. The van der Waals surface area contributed by atoms with E-state index in [0.717, 1.165) is 3.79 Å². The van der Waals surface area contributed by atoms with Crippen LogP contribution in [-0.2, 0) is 0 Å². The summed E-state index contributed by atoms with van der Waals surface area (Å²) < 4.78 is 1.16. The molecule has 0 spiro atoms. The average Bonchev–Trinajstić information content (AvgIpc) is 2.54. The summed E-state index contributed by atoms with van der Waals surface area (Å²) in [6, 6.07) is 6.13. The van der Waals surface area contributed by atoms with E-state index in [1.54, 1.807) is 23.7 Å². The van der Waals surface area contributed by atoms with Crippen LogP contribution in [0.1, 0.15) is 0 Å². The number of pyridine rings is 1. The summed E-state index contributed by atoms with van der Waals surface area (Å²) >= 11 is 5.13. The summed E-state index contributed by atoms with van der Waals surface area (Å²) in [6.07, 6.45) is 3.61. The summed E-state index contributed by atoms with van der Waals surface area (Å²) in [7, 11) is 0. The predicted octanol–water partition coefficient (Wildman–Crippen LogP) is 3.57. The zero-order valence-electron chi connectivity index (χ0n) is 6.20. The molecule has 0 radical (unpaired) electrons. The summed E-state index contributed by atoms with van der Waals surface area (Å²) in [4.78, 5) is 3.97. The Morgan fingerprint density at radius 3 is 2.50 bits per heavy atom. The first-order valence-electron chi connectivity index (χ1n) is 3.51. The van der Waals surface area contributed by atoms with E-state index >= 15 is 0 Å². The fourth-order valence-corrected chi connectivity index (χ4v) is 2.17. The number of thiophene rings is 1. The van der Waals surface area contributed by atoms with E-state index in [9.17, 15) is 0 Å². The van der Waals surface area contributed by atoms with Crippen molar-refractivity contribution in [2.45, 2.75) is 0 Å². The molecular formula is C9H6BrNS. The third kappa shape index (κ3) is 1.57. The maximum absolute atomic E-state index is 3.97. The van der Waals surface area contributed by atoms with E-state index in [-0.39, 0.29) is 0 Å². The summed E-state index contributed by atoms with van der Waals surface area (Å²) in [6.45, 7) is 0. The van der Waals surface area contributed by atoms with Crippen LogP contribution in [0.25, 0.3) is 11.1 Å². The Kier molecular flexibility index (Phi) is 2.23. The SMILES string of the molecule is Brc1cc(-c2ccncc2)cs1. The monoisotopic (exact) mass is 239 g/mol. The van der Waals surface area contributed by atoms with Crippen LogP contribution in [0.3, 0.4) is 0 Å². The third-order valence-electron chi connectivity index (χ3n) is 1.58. The maximum atomic E-state index is 3.97. The second-order valence-corrected chi connectivity index (χ2v) is 4.67. The lowest BCUT2D eigenvalue weighted by Gasteiger charge is -1.93. The van der Waals surface area contributed by atoms with Crippen LogP contribution in [0.4, 0.5) is 0 Å². The molecule has 12 heavy (non-hydrogen) atoms. The van der Waals surface area contributed by atoms with Crippen molar-refractivity contribution in [2.24, 2.45) is 0 Å². The van der Waals surface area contributed by atoms with Gasteiger partial charge in [-0.2, -0.15) is 0 Å².